The van der Waals surface area contributed by atoms with E-state index in [0.717, 1.165) is 32.0 Å². The number of nitrogens with one attached hydrogen (secondary N) is 1. The van der Waals surface area contributed by atoms with Gasteiger partial charge in [0.1, 0.15) is 0 Å². The molecule has 0 bridgehead atoms. The number of nitro benzene ring substituents is 1. The number of hydrogen-bond acceptors (Lipinski definition) is 6. The number of nitrogens with zero attached hydrogens (tertiary/aromatic N) is 2. The number of hydrogen-bond donors (Lipinski definition) is 1. The topological polar surface area (TPSA) is 102 Å². The molecule has 8 heteroatoms. The van der Waals surface area contributed by atoms with Gasteiger partial charge >= 0.3 is 5.97 Å². The monoisotopic (exact) mass is 391 g/mol. The molecule has 1 aromatic carbocycles. The Hall–Kier alpha value is -2.48. The number of benzene rings is 1. The SMILES string of the molecule is CCOC(=O)c1cc(C(=O)NCCCCN2CCCCC2C)cc([N+](=O)[O-])c1. The second-order valence-electron chi connectivity index (χ2n) is 7.09. The minimum Gasteiger partial charge on any atom is -0.462 e. The van der Waals surface area contributed by atoms with Crippen LogP contribution in [-0.2, 0) is 4.74 Å². The molecule has 28 heavy (non-hydrogen) atoms. The fourth-order valence-corrected chi connectivity index (χ4v) is 3.41. The molecule has 1 heterocycles. The molecule has 2 rings (SSSR count). The Bertz CT molecular complexity index is 707. The number of rotatable bonds is 9. The van der Waals surface area contributed by atoms with Crippen LogP contribution >= 0.6 is 0 Å². The minimum atomic E-state index is -0.684. The van der Waals surface area contributed by atoms with Gasteiger partial charge in [-0.3, -0.25) is 14.9 Å². The van der Waals surface area contributed by atoms with Crippen LogP contribution in [0.1, 0.15) is 66.7 Å². The summed E-state index contributed by atoms with van der Waals surface area (Å²) < 4.78 is 4.88. The summed E-state index contributed by atoms with van der Waals surface area (Å²) in [6.45, 7) is 6.69. The lowest BCUT2D eigenvalue weighted by molar-refractivity contribution is -0.384. The van der Waals surface area contributed by atoms with Gasteiger partial charge in [-0.25, -0.2) is 4.79 Å². The molecule has 0 spiro atoms. The van der Waals surface area contributed by atoms with Crippen molar-refractivity contribution in [2.24, 2.45) is 0 Å². The van der Waals surface area contributed by atoms with Gasteiger partial charge in [0.25, 0.3) is 11.6 Å². The lowest BCUT2D eigenvalue weighted by Crippen LogP contribution is -2.38. The van der Waals surface area contributed by atoms with Crippen LogP contribution in [0.4, 0.5) is 5.69 Å². The summed E-state index contributed by atoms with van der Waals surface area (Å²) >= 11 is 0. The number of piperidine rings is 1. The fraction of sp³-hybridized carbons (Fsp3) is 0.600. The number of carbonyl (C=O) groups is 2. The van der Waals surface area contributed by atoms with E-state index in [0.29, 0.717) is 12.6 Å². The molecule has 1 saturated heterocycles. The predicted molar refractivity (Wildman–Crippen MR) is 106 cm³/mol. The fourth-order valence-electron chi connectivity index (χ4n) is 3.41. The molecule has 1 unspecified atom stereocenters. The average molecular weight is 391 g/mol. The highest BCUT2D eigenvalue weighted by Gasteiger charge is 2.19. The van der Waals surface area contributed by atoms with Crippen LogP contribution in [0.15, 0.2) is 18.2 Å². The van der Waals surface area contributed by atoms with Crippen molar-refractivity contribution in [2.75, 3.05) is 26.2 Å². The number of nitro groups is 1. The van der Waals surface area contributed by atoms with Crippen molar-refractivity contribution in [1.29, 1.82) is 0 Å². The van der Waals surface area contributed by atoms with Gasteiger partial charge in [-0.05, 0) is 58.7 Å². The molecule has 1 N–H and O–H groups in total. The minimum absolute atomic E-state index is 0.000265. The summed E-state index contributed by atoms with van der Waals surface area (Å²) in [6.07, 6.45) is 5.59. The first-order valence-electron chi connectivity index (χ1n) is 9.91. The molecule has 1 aromatic rings. The lowest BCUT2D eigenvalue weighted by Gasteiger charge is -2.33. The van der Waals surface area contributed by atoms with Gasteiger partial charge < -0.3 is 15.0 Å². The summed E-state index contributed by atoms with van der Waals surface area (Å²) in [5.41, 5.74) is -0.225. The smallest absolute Gasteiger partial charge is 0.338 e. The van der Waals surface area contributed by atoms with Crippen LogP contribution in [0.2, 0.25) is 0 Å². The number of ether oxygens (including phenoxy) is 1. The van der Waals surface area contributed by atoms with E-state index < -0.39 is 16.8 Å². The standard InChI is InChI=1S/C20H29N3O5/c1-3-28-20(25)17-12-16(13-18(14-17)23(26)27)19(24)21-9-5-7-11-22-10-6-4-8-15(22)2/h12-15H,3-11H2,1-2H3,(H,21,24). The Kier molecular flexibility index (Phi) is 8.38. The van der Waals surface area contributed by atoms with E-state index >= 15 is 0 Å². The van der Waals surface area contributed by atoms with Crippen molar-refractivity contribution < 1.29 is 19.2 Å². The molecule has 0 aromatic heterocycles. The molecule has 0 saturated carbocycles. The van der Waals surface area contributed by atoms with Gasteiger partial charge in [-0.2, -0.15) is 0 Å². The molecular formula is C20H29N3O5. The van der Waals surface area contributed by atoms with Crippen molar-refractivity contribution in [3.63, 3.8) is 0 Å². The third kappa shape index (κ3) is 6.30. The van der Waals surface area contributed by atoms with Gasteiger partial charge in [0, 0.05) is 30.3 Å². The summed E-state index contributed by atoms with van der Waals surface area (Å²) in [4.78, 5) is 37.2. The van der Waals surface area contributed by atoms with Crippen LogP contribution in [0.25, 0.3) is 0 Å². The largest absolute Gasteiger partial charge is 0.462 e. The van der Waals surface area contributed by atoms with E-state index in [1.54, 1.807) is 6.92 Å². The maximum Gasteiger partial charge on any atom is 0.338 e. The second-order valence-corrected chi connectivity index (χ2v) is 7.09. The highest BCUT2D eigenvalue weighted by atomic mass is 16.6. The normalized spacial score (nSPS) is 17.1. The first-order valence-corrected chi connectivity index (χ1v) is 9.91. The zero-order valence-electron chi connectivity index (χ0n) is 16.6. The number of non-ortho nitro benzene ring substituents is 1. The highest BCUT2D eigenvalue weighted by molar-refractivity contribution is 5.98. The summed E-state index contributed by atoms with van der Waals surface area (Å²) in [5.74, 6) is -1.11. The molecule has 1 atom stereocenters. The molecule has 0 radical (unpaired) electrons. The molecule has 1 fully saturated rings. The summed E-state index contributed by atoms with van der Waals surface area (Å²) in [6, 6.07) is 4.24. The van der Waals surface area contributed by atoms with E-state index in [4.69, 9.17) is 4.74 Å². The Morgan fingerprint density at radius 2 is 2.00 bits per heavy atom. The van der Waals surface area contributed by atoms with Gasteiger partial charge in [0.15, 0.2) is 0 Å². The Labute approximate surface area is 165 Å². The van der Waals surface area contributed by atoms with Crippen molar-refractivity contribution >= 4 is 17.6 Å². The number of unbranched alkanes of at least 4 members (excludes halogenated alkanes) is 1. The van der Waals surface area contributed by atoms with Crippen LogP contribution in [0.5, 0.6) is 0 Å². The van der Waals surface area contributed by atoms with Crippen molar-refractivity contribution in [3.8, 4) is 0 Å². The van der Waals surface area contributed by atoms with E-state index in [1.807, 2.05) is 0 Å². The third-order valence-electron chi connectivity index (χ3n) is 5.00. The quantitative estimate of drug-likeness (QED) is 0.300. The first-order chi connectivity index (χ1) is 13.4. The Balaban J connectivity index is 1.88. The predicted octanol–water partition coefficient (Wildman–Crippen LogP) is 3.16. The van der Waals surface area contributed by atoms with E-state index in [9.17, 15) is 19.7 Å². The Morgan fingerprint density at radius 1 is 1.25 bits per heavy atom. The van der Waals surface area contributed by atoms with Gasteiger partial charge in [0.2, 0.25) is 0 Å². The zero-order valence-corrected chi connectivity index (χ0v) is 16.6. The molecule has 1 aliphatic heterocycles. The van der Waals surface area contributed by atoms with Gasteiger partial charge in [-0.1, -0.05) is 6.42 Å². The van der Waals surface area contributed by atoms with E-state index in [-0.39, 0.29) is 23.4 Å². The third-order valence-corrected chi connectivity index (χ3v) is 5.00. The maximum atomic E-state index is 12.4. The van der Waals surface area contributed by atoms with Crippen LogP contribution in [0.3, 0.4) is 0 Å². The molecule has 8 nitrogen and oxygen atoms in total. The summed E-state index contributed by atoms with van der Waals surface area (Å²) in [7, 11) is 0. The number of carbonyl (C=O) groups excluding carboxylic acids is 2. The number of amides is 1. The second kappa shape index (κ2) is 10.8. The van der Waals surface area contributed by atoms with Crippen LogP contribution in [-0.4, -0.2) is 54.0 Å². The molecule has 1 aliphatic rings. The molecule has 0 aliphatic carbocycles. The first kappa shape index (κ1) is 21.8. The van der Waals surface area contributed by atoms with Crippen LogP contribution < -0.4 is 5.32 Å². The van der Waals surface area contributed by atoms with Crippen molar-refractivity contribution in [1.82, 2.24) is 10.2 Å². The van der Waals surface area contributed by atoms with Gasteiger partial charge in [-0.15, -0.1) is 0 Å². The number of esters is 1. The summed E-state index contributed by atoms with van der Waals surface area (Å²) in [5, 5.41) is 13.9. The van der Waals surface area contributed by atoms with E-state index in [1.165, 1.54) is 31.4 Å². The zero-order chi connectivity index (χ0) is 20.5. The highest BCUT2D eigenvalue weighted by Crippen LogP contribution is 2.19. The van der Waals surface area contributed by atoms with Crippen molar-refractivity contribution in [3.05, 3.63) is 39.4 Å². The Morgan fingerprint density at radius 3 is 2.68 bits per heavy atom. The molecule has 154 valence electrons. The lowest BCUT2D eigenvalue weighted by atomic mass is 10.0. The molecular weight excluding hydrogens is 362 g/mol. The van der Waals surface area contributed by atoms with Crippen LogP contribution in [0, 0.1) is 10.1 Å². The van der Waals surface area contributed by atoms with Crippen molar-refractivity contribution in [2.45, 2.75) is 52.0 Å². The number of likely N-dealkylation sites (tertiary alicyclic amines) is 1. The maximum absolute atomic E-state index is 12.4. The van der Waals surface area contributed by atoms with E-state index in [2.05, 4.69) is 17.1 Å². The van der Waals surface area contributed by atoms with Gasteiger partial charge in [0.05, 0.1) is 17.1 Å². The molecule has 1 amide bonds. The average Bonchev–Trinajstić information content (AvgIpc) is 2.68.